The van der Waals surface area contributed by atoms with Crippen LogP contribution >= 0.6 is 0 Å². The summed E-state index contributed by atoms with van der Waals surface area (Å²) in [6, 6.07) is 11.4. The smallest absolute Gasteiger partial charge is 0.326 e. The topological polar surface area (TPSA) is 124 Å². The molecule has 2 heterocycles. The monoisotopic (exact) mass is 503 g/mol. The lowest BCUT2D eigenvalue weighted by Gasteiger charge is -2.13. The van der Waals surface area contributed by atoms with Gasteiger partial charge in [0.05, 0.1) is 23.7 Å². The van der Waals surface area contributed by atoms with Crippen LogP contribution in [0.15, 0.2) is 54.9 Å². The number of fused-ring (bicyclic) bond motifs is 2. The summed E-state index contributed by atoms with van der Waals surface area (Å²) in [6.45, 7) is 4.97. The van der Waals surface area contributed by atoms with E-state index in [0.29, 0.717) is 35.5 Å². The van der Waals surface area contributed by atoms with Crippen molar-refractivity contribution in [2.75, 3.05) is 20.2 Å². The fourth-order valence-electron chi connectivity index (χ4n) is 3.84. The third-order valence-corrected chi connectivity index (χ3v) is 5.66. The van der Waals surface area contributed by atoms with E-state index in [4.69, 9.17) is 9.47 Å². The molecule has 2 aromatic heterocycles. The molecule has 0 aliphatic rings. The summed E-state index contributed by atoms with van der Waals surface area (Å²) >= 11 is 0. The lowest BCUT2D eigenvalue weighted by atomic mass is 10.1. The van der Waals surface area contributed by atoms with Crippen molar-refractivity contribution < 1.29 is 23.9 Å². The Hall–Kier alpha value is -4.60. The molecule has 0 aliphatic carbocycles. The lowest BCUT2D eigenvalue weighted by molar-refractivity contribution is 0.0961. The first-order valence-corrected chi connectivity index (χ1v) is 12.1. The summed E-state index contributed by atoms with van der Waals surface area (Å²) in [5.41, 5.74) is 1.48. The molecular weight excluding hydrogens is 474 g/mol. The Morgan fingerprint density at radius 2 is 1.73 bits per heavy atom. The molecule has 0 radical (unpaired) electrons. The molecule has 4 aromatic rings. The van der Waals surface area contributed by atoms with E-state index in [1.807, 2.05) is 32.0 Å². The number of hydrogen-bond donors (Lipinski definition) is 3. The van der Waals surface area contributed by atoms with E-state index in [9.17, 15) is 14.4 Å². The number of nitrogens with one attached hydrogen (secondary N) is 3. The quantitative estimate of drug-likeness (QED) is 0.317. The highest BCUT2D eigenvalue weighted by Crippen LogP contribution is 2.34. The Labute approximate surface area is 214 Å². The Morgan fingerprint density at radius 1 is 0.946 bits per heavy atom. The van der Waals surface area contributed by atoms with Crippen molar-refractivity contribution >= 4 is 39.8 Å². The number of methoxy groups -OCH3 is 1. The summed E-state index contributed by atoms with van der Waals surface area (Å²) < 4.78 is 13.1. The van der Waals surface area contributed by atoms with Gasteiger partial charge in [0, 0.05) is 42.3 Å². The van der Waals surface area contributed by atoms with Gasteiger partial charge in [-0.3, -0.25) is 19.7 Å². The molecule has 0 atom stereocenters. The number of carbonyl (C=O) groups excluding carboxylic acids is 3. The van der Waals surface area contributed by atoms with Crippen LogP contribution in [0.5, 0.6) is 17.2 Å². The molecule has 0 aliphatic heterocycles. The number of hydrogen-bond acceptors (Lipinski definition) is 6. The van der Waals surface area contributed by atoms with Crippen molar-refractivity contribution in [3.05, 3.63) is 60.4 Å². The second kappa shape index (κ2) is 11.4. The number of benzene rings is 2. The molecule has 0 saturated carbocycles. The summed E-state index contributed by atoms with van der Waals surface area (Å²) in [7, 11) is 1.44. The first kappa shape index (κ1) is 25.5. The van der Waals surface area contributed by atoms with E-state index >= 15 is 0 Å². The van der Waals surface area contributed by atoms with E-state index in [-0.39, 0.29) is 17.3 Å². The molecule has 0 fully saturated rings. The van der Waals surface area contributed by atoms with Gasteiger partial charge in [-0.2, -0.15) is 0 Å². The lowest BCUT2D eigenvalue weighted by Crippen LogP contribution is -2.39. The normalized spacial score (nSPS) is 10.8. The van der Waals surface area contributed by atoms with E-state index in [0.717, 1.165) is 23.7 Å². The maximum Gasteiger partial charge on any atom is 0.326 e. The van der Waals surface area contributed by atoms with Crippen molar-refractivity contribution in [2.24, 2.45) is 0 Å². The maximum absolute atomic E-state index is 12.8. The van der Waals surface area contributed by atoms with Gasteiger partial charge in [0.1, 0.15) is 17.2 Å². The molecule has 0 spiro atoms. The predicted molar refractivity (Wildman–Crippen MR) is 141 cm³/mol. The minimum absolute atomic E-state index is 0.171. The van der Waals surface area contributed by atoms with Gasteiger partial charge in [-0.1, -0.05) is 13.8 Å². The van der Waals surface area contributed by atoms with Crippen molar-refractivity contribution in [2.45, 2.75) is 26.7 Å². The molecule has 0 bridgehead atoms. The van der Waals surface area contributed by atoms with Crippen LogP contribution in [0.2, 0.25) is 0 Å². The van der Waals surface area contributed by atoms with Gasteiger partial charge < -0.3 is 20.1 Å². The number of nitrogens with zero attached hydrogens (tertiary/aromatic N) is 2. The average Bonchev–Trinajstić information content (AvgIpc) is 3.33. The molecule has 0 saturated heterocycles. The highest BCUT2D eigenvalue weighted by molar-refractivity contribution is 6.08. The van der Waals surface area contributed by atoms with Crippen molar-refractivity contribution in [3.63, 3.8) is 0 Å². The van der Waals surface area contributed by atoms with Crippen LogP contribution in [0.25, 0.3) is 21.8 Å². The highest BCUT2D eigenvalue weighted by Gasteiger charge is 2.19. The fourth-order valence-corrected chi connectivity index (χ4v) is 3.84. The first-order valence-electron chi connectivity index (χ1n) is 12.1. The van der Waals surface area contributed by atoms with Crippen LogP contribution in [-0.4, -0.2) is 47.7 Å². The predicted octanol–water partition coefficient (Wildman–Crippen LogP) is 4.81. The van der Waals surface area contributed by atoms with Crippen molar-refractivity contribution in [1.82, 2.24) is 25.5 Å². The highest BCUT2D eigenvalue weighted by atomic mass is 16.5. The zero-order valence-electron chi connectivity index (χ0n) is 21.0. The van der Waals surface area contributed by atoms with Gasteiger partial charge in [0.25, 0.3) is 5.91 Å². The van der Waals surface area contributed by atoms with Gasteiger partial charge in [0.15, 0.2) is 0 Å². The zero-order chi connectivity index (χ0) is 26.4. The number of ether oxygens (including phenoxy) is 2. The maximum atomic E-state index is 12.8. The van der Waals surface area contributed by atoms with Gasteiger partial charge in [-0.25, -0.2) is 9.59 Å². The van der Waals surface area contributed by atoms with Crippen molar-refractivity contribution in [3.8, 4) is 17.2 Å². The molecule has 3 N–H and O–H groups in total. The average molecular weight is 504 g/mol. The molecule has 192 valence electrons. The van der Waals surface area contributed by atoms with E-state index in [1.54, 1.807) is 41.2 Å². The number of aromatic nitrogens is 2. The second-order valence-corrected chi connectivity index (χ2v) is 8.33. The second-order valence-electron chi connectivity index (χ2n) is 8.33. The molecule has 4 amide bonds. The van der Waals surface area contributed by atoms with Crippen LogP contribution in [0, 0.1) is 0 Å². The van der Waals surface area contributed by atoms with Crippen LogP contribution in [0.3, 0.4) is 0 Å². The molecule has 2 aromatic carbocycles. The number of pyridine rings is 1. The number of urea groups is 1. The standard InChI is InChI=1S/C27H29N5O5/c1-4-10-29-26(34)31-25(33)20-15-19-21(16-24(20)36-3)28-12-8-23(19)37-18-6-7-22-17(14-18)9-13-32(22)27(35)30-11-5-2/h6-9,12-16H,4-5,10-11H2,1-3H3,(H,30,35)(H2,29,31,33,34). The van der Waals surface area contributed by atoms with E-state index < -0.39 is 11.9 Å². The van der Waals surface area contributed by atoms with E-state index in [1.165, 1.54) is 7.11 Å². The fraction of sp³-hybridized carbons (Fsp3) is 0.259. The Morgan fingerprint density at radius 3 is 2.49 bits per heavy atom. The zero-order valence-corrected chi connectivity index (χ0v) is 21.0. The minimum atomic E-state index is -0.605. The number of imide groups is 1. The Bertz CT molecular complexity index is 1460. The number of carbonyl (C=O) groups is 3. The van der Waals surface area contributed by atoms with Crippen molar-refractivity contribution in [1.29, 1.82) is 0 Å². The molecule has 0 unspecified atom stereocenters. The molecule has 37 heavy (non-hydrogen) atoms. The third-order valence-electron chi connectivity index (χ3n) is 5.66. The van der Waals surface area contributed by atoms with Crippen LogP contribution in [0.1, 0.15) is 37.0 Å². The Kier molecular flexibility index (Phi) is 7.87. The molecular formula is C27H29N5O5. The van der Waals surface area contributed by atoms with Gasteiger partial charge >= 0.3 is 12.1 Å². The SMILES string of the molecule is CCCNC(=O)NC(=O)c1cc2c(Oc3ccc4c(ccn4C(=O)NCCC)c3)ccnc2cc1OC. The summed E-state index contributed by atoms with van der Waals surface area (Å²) in [6.07, 6.45) is 4.91. The van der Waals surface area contributed by atoms with Crippen LogP contribution in [0.4, 0.5) is 9.59 Å². The summed E-state index contributed by atoms with van der Waals surface area (Å²) in [4.78, 5) is 41.6. The Balaban J connectivity index is 1.64. The van der Waals surface area contributed by atoms with Gasteiger partial charge in [-0.05, 0) is 49.2 Å². The molecule has 4 rings (SSSR count). The summed E-state index contributed by atoms with van der Waals surface area (Å²) in [5, 5.41) is 9.20. The van der Waals surface area contributed by atoms with E-state index in [2.05, 4.69) is 20.9 Å². The number of rotatable bonds is 8. The van der Waals surface area contributed by atoms with Gasteiger partial charge in [0.2, 0.25) is 0 Å². The van der Waals surface area contributed by atoms with Crippen LogP contribution in [-0.2, 0) is 0 Å². The largest absolute Gasteiger partial charge is 0.496 e. The molecule has 10 nitrogen and oxygen atoms in total. The number of amides is 4. The van der Waals surface area contributed by atoms with Crippen LogP contribution < -0.4 is 25.4 Å². The first-order chi connectivity index (χ1) is 17.9. The third kappa shape index (κ3) is 5.64. The minimum Gasteiger partial charge on any atom is -0.496 e. The summed E-state index contributed by atoms with van der Waals surface area (Å²) in [5.74, 6) is 0.692. The van der Waals surface area contributed by atoms with Gasteiger partial charge in [-0.15, -0.1) is 0 Å². The molecule has 10 heteroatoms.